The number of aromatic nitrogens is 4. The molecule has 2 heterocycles. The van der Waals surface area contributed by atoms with Crippen LogP contribution >= 0.6 is 0 Å². The number of anilines is 3. The van der Waals surface area contributed by atoms with Gasteiger partial charge in [0.25, 0.3) is 5.91 Å². The van der Waals surface area contributed by atoms with Crippen molar-refractivity contribution < 1.29 is 9.90 Å². The molecule has 2 aromatic heterocycles. The van der Waals surface area contributed by atoms with E-state index in [1.54, 1.807) is 37.5 Å². The summed E-state index contributed by atoms with van der Waals surface area (Å²) in [5.74, 6) is 0.846. The van der Waals surface area contributed by atoms with Gasteiger partial charge in [0, 0.05) is 24.7 Å². The molecule has 0 spiro atoms. The molecule has 0 bridgehead atoms. The molecule has 4 rings (SSSR count). The van der Waals surface area contributed by atoms with E-state index in [1.807, 2.05) is 18.2 Å². The molecule has 0 atom stereocenters. The molecule has 0 aliphatic heterocycles. The van der Waals surface area contributed by atoms with Gasteiger partial charge in [0.2, 0.25) is 0 Å². The van der Waals surface area contributed by atoms with Crippen LogP contribution < -0.4 is 16.0 Å². The number of benzene rings is 2. The van der Waals surface area contributed by atoms with Crippen molar-refractivity contribution in [2.75, 3.05) is 17.7 Å². The van der Waals surface area contributed by atoms with Gasteiger partial charge in [0.05, 0.1) is 11.7 Å². The molecule has 0 saturated heterocycles. The molecular weight excluding hydrogens is 358 g/mol. The minimum Gasteiger partial charge on any atom is -0.508 e. The molecule has 142 valence electrons. The average molecular weight is 377 g/mol. The van der Waals surface area contributed by atoms with Crippen LogP contribution in [-0.4, -0.2) is 38.5 Å². The smallest absolute Gasteiger partial charge is 0.258 e. The molecule has 4 aromatic rings. The molecule has 28 heavy (non-hydrogen) atoms. The lowest BCUT2D eigenvalue weighted by atomic mass is 10.2. The molecule has 9 nitrogen and oxygen atoms in total. The van der Waals surface area contributed by atoms with Gasteiger partial charge >= 0.3 is 0 Å². The maximum atomic E-state index is 12.4. The van der Waals surface area contributed by atoms with Crippen LogP contribution in [0.25, 0.3) is 10.9 Å². The van der Waals surface area contributed by atoms with Gasteiger partial charge in [-0.3, -0.25) is 15.0 Å². The minimum atomic E-state index is -0.270. The molecule has 0 fully saturated rings. The maximum absolute atomic E-state index is 12.4. The monoisotopic (exact) mass is 377 g/mol. The van der Waals surface area contributed by atoms with Crippen LogP contribution in [0.2, 0.25) is 0 Å². The number of aromatic amines is 2. The van der Waals surface area contributed by atoms with Crippen molar-refractivity contribution >= 4 is 34.1 Å². The third-order valence-electron chi connectivity index (χ3n) is 4.33. The molecular formula is C19H19N7O2. The predicted octanol–water partition coefficient (Wildman–Crippen LogP) is 2.71. The third kappa shape index (κ3) is 3.45. The number of carbonyl (C=O) groups excluding carboxylic acids is 1. The van der Waals surface area contributed by atoms with Crippen molar-refractivity contribution in [3.63, 3.8) is 0 Å². The summed E-state index contributed by atoms with van der Waals surface area (Å²) in [6, 6.07) is 12.5. The molecule has 9 heteroatoms. The SMILES string of the molecule is CNC(=O)c1c(NCc2ccc(O)cc2)n[nH]c1Nc1ccc2[nH]ncc2c1. The number of H-pyrrole nitrogens is 2. The summed E-state index contributed by atoms with van der Waals surface area (Å²) < 4.78 is 0. The Hall–Kier alpha value is -4.01. The number of hydrogen-bond donors (Lipinski definition) is 6. The fourth-order valence-electron chi connectivity index (χ4n) is 2.87. The third-order valence-corrected chi connectivity index (χ3v) is 4.33. The normalized spacial score (nSPS) is 10.8. The minimum absolute atomic E-state index is 0.204. The lowest BCUT2D eigenvalue weighted by Gasteiger charge is -2.09. The Morgan fingerprint density at radius 2 is 1.96 bits per heavy atom. The van der Waals surface area contributed by atoms with E-state index in [0.29, 0.717) is 23.7 Å². The Morgan fingerprint density at radius 1 is 1.14 bits per heavy atom. The van der Waals surface area contributed by atoms with E-state index in [9.17, 15) is 9.90 Å². The first-order chi connectivity index (χ1) is 13.6. The second-order valence-corrected chi connectivity index (χ2v) is 6.22. The van der Waals surface area contributed by atoms with Crippen LogP contribution in [-0.2, 0) is 6.54 Å². The second kappa shape index (κ2) is 7.31. The van der Waals surface area contributed by atoms with Gasteiger partial charge < -0.3 is 21.1 Å². The molecule has 0 aliphatic carbocycles. The van der Waals surface area contributed by atoms with Gasteiger partial charge in [0.15, 0.2) is 5.82 Å². The van der Waals surface area contributed by atoms with Crippen molar-refractivity contribution in [3.8, 4) is 5.75 Å². The summed E-state index contributed by atoms with van der Waals surface area (Å²) in [5, 5.41) is 33.4. The highest BCUT2D eigenvalue weighted by atomic mass is 16.3. The van der Waals surface area contributed by atoms with Crippen LogP contribution in [0.1, 0.15) is 15.9 Å². The van der Waals surface area contributed by atoms with Crippen molar-refractivity contribution in [3.05, 3.63) is 59.8 Å². The van der Waals surface area contributed by atoms with E-state index in [4.69, 9.17) is 0 Å². The van der Waals surface area contributed by atoms with E-state index in [1.165, 1.54) is 0 Å². The molecule has 1 amide bonds. The Balaban J connectivity index is 1.58. The first-order valence-corrected chi connectivity index (χ1v) is 8.66. The number of phenolic OH excluding ortho intramolecular Hbond substituents is 1. The lowest BCUT2D eigenvalue weighted by Crippen LogP contribution is -2.20. The number of aromatic hydroxyl groups is 1. The van der Waals surface area contributed by atoms with Crippen molar-refractivity contribution in [2.45, 2.75) is 6.54 Å². The van der Waals surface area contributed by atoms with Gasteiger partial charge in [-0.15, -0.1) is 0 Å². The van der Waals surface area contributed by atoms with Crippen molar-refractivity contribution in [2.24, 2.45) is 0 Å². The molecule has 2 aromatic carbocycles. The van der Waals surface area contributed by atoms with Crippen molar-refractivity contribution in [1.82, 2.24) is 25.7 Å². The van der Waals surface area contributed by atoms with Gasteiger partial charge in [-0.25, -0.2) is 0 Å². The van der Waals surface area contributed by atoms with Crippen LogP contribution in [0.5, 0.6) is 5.75 Å². The van der Waals surface area contributed by atoms with Crippen LogP contribution in [0.15, 0.2) is 48.7 Å². The van der Waals surface area contributed by atoms with E-state index < -0.39 is 0 Å². The summed E-state index contributed by atoms with van der Waals surface area (Å²) >= 11 is 0. The van der Waals surface area contributed by atoms with Gasteiger partial charge in [-0.05, 0) is 35.9 Å². The fourth-order valence-corrected chi connectivity index (χ4v) is 2.87. The number of fused-ring (bicyclic) bond motifs is 1. The summed E-state index contributed by atoms with van der Waals surface area (Å²) in [6.45, 7) is 0.454. The number of hydrogen-bond acceptors (Lipinski definition) is 6. The number of carbonyl (C=O) groups is 1. The molecule has 6 N–H and O–H groups in total. The second-order valence-electron chi connectivity index (χ2n) is 6.22. The zero-order valence-electron chi connectivity index (χ0n) is 15.1. The summed E-state index contributed by atoms with van der Waals surface area (Å²) in [7, 11) is 1.57. The van der Waals surface area contributed by atoms with Crippen molar-refractivity contribution in [1.29, 1.82) is 0 Å². The van der Waals surface area contributed by atoms with E-state index in [2.05, 4.69) is 36.3 Å². The number of nitrogens with one attached hydrogen (secondary N) is 5. The largest absolute Gasteiger partial charge is 0.508 e. The summed E-state index contributed by atoms with van der Waals surface area (Å²) in [5.41, 5.74) is 3.06. The standard InChI is InChI=1S/C19H19N7O2/c1-20-19(28)16-17(21-9-11-2-5-14(27)6-3-11)25-26-18(16)23-13-4-7-15-12(8-13)10-22-24-15/h2-8,10,27H,9H2,1H3,(H,20,28)(H,22,24)(H3,21,23,25,26). The molecule has 0 saturated carbocycles. The molecule has 0 radical (unpaired) electrons. The number of amides is 1. The van der Waals surface area contributed by atoms with E-state index in [-0.39, 0.29) is 11.7 Å². The Labute approximate surface area is 160 Å². The Morgan fingerprint density at radius 3 is 2.75 bits per heavy atom. The highest BCUT2D eigenvalue weighted by Crippen LogP contribution is 2.26. The first-order valence-electron chi connectivity index (χ1n) is 8.66. The summed E-state index contributed by atoms with van der Waals surface area (Å²) in [6.07, 6.45) is 1.73. The number of rotatable bonds is 6. The zero-order chi connectivity index (χ0) is 19.5. The maximum Gasteiger partial charge on any atom is 0.258 e. The highest BCUT2D eigenvalue weighted by Gasteiger charge is 2.20. The fraction of sp³-hybridized carbons (Fsp3) is 0.105. The highest BCUT2D eigenvalue weighted by molar-refractivity contribution is 6.04. The van der Waals surface area contributed by atoms with Gasteiger partial charge in [-0.2, -0.15) is 10.2 Å². The van der Waals surface area contributed by atoms with E-state index in [0.717, 1.165) is 22.2 Å². The van der Waals surface area contributed by atoms with Gasteiger partial charge in [-0.1, -0.05) is 12.1 Å². The van der Waals surface area contributed by atoms with Crippen LogP contribution in [0.4, 0.5) is 17.3 Å². The quantitative estimate of drug-likeness (QED) is 0.306. The topological polar surface area (TPSA) is 131 Å². The molecule has 0 aliphatic rings. The van der Waals surface area contributed by atoms with Gasteiger partial charge in [0.1, 0.15) is 17.1 Å². The summed E-state index contributed by atoms with van der Waals surface area (Å²) in [4.78, 5) is 12.4. The Kier molecular flexibility index (Phi) is 4.55. The lowest BCUT2D eigenvalue weighted by molar-refractivity contribution is 0.0964. The predicted molar refractivity (Wildman–Crippen MR) is 107 cm³/mol. The number of phenols is 1. The zero-order valence-corrected chi connectivity index (χ0v) is 15.1. The first kappa shape index (κ1) is 17.4. The number of nitrogens with zero attached hydrogens (tertiary/aromatic N) is 2. The Bertz CT molecular complexity index is 1110. The molecule has 0 unspecified atom stereocenters. The van der Waals surface area contributed by atoms with Crippen LogP contribution in [0.3, 0.4) is 0 Å². The average Bonchev–Trinajstić information content (AvgIpc) is 3.33. The van der Waals surface area contributed by atoms with E-state index >= 15 is 0 Å². The van der Waals surface area contributed by atoms with Crippen LogP contribution in [0, 0.1) is 0 Å².